The zero-order valence-electron chi connectivity index (χ0n) is 13.2. The number of ether oxygens (including phenoxy) is 3. The Kier molecular flexibility index (Phi) is 5.43. The fourth-order valence-corrected chi connectivity index (χ4v) is 2.05. The maximum atomic E-state index is 12.3. The number of allylic oxidation sites excluding steroid dienone is 1. The van der Waals surface area contributed by atoms with Gasteiger partial charge in [-0.3, -0.25) is 4.79 Å². The summed E-state index contributed by atoms with van der Waals surface area (Å²) in [5, 5.41) is 8.95. The van der Waals surface area contributed by atoms with E-state index in [1.54, 1.807) is 24.3 Å². The van der Waals surface area contributed by atoms with Crippen molar-refractivity contribution in [2.45, 2.75) is 6.61 Å². The summed E-state index contributed by atoms with van der Waals surface area (Å²) in [6.45, 7) is -0.186. The molecule has 0 saturated heterocycles. The molecule has 0 aliphatic rings. The summed E-state index contributed by atoms with van der Waals surface area (Å²) in [6.07, 6.45) is 2.91. The zero-order valence-corrected chi connectivity index (χ0v) is 13.2. The second-order valence-corrected chi connectivity index (χ2v) is 4.57. The number of ketones is 1. The van der Waals surface area contributed by atoms with E-state index in [-0.39, 0.29) is 12.4 Å². The molecular weight excluding hydrogens is 300 g/mol. The summed E-state index contributed by atoms with van der Waals surface area (Å²) in [5.74, 6) is 1.91. The van der Waals surface area contributed by atoms with Gasteiger partial charge in [0.25, 0.3) is 0 Å². The molecule has 0 fully saturated rings. The minimum Gasteiger partial charge on any atom is -0.493 e. The van der Waals surface area contributed by atoms with Crippen molar-refractivity contribution in [2.24, 2.45) is 0 Å². The van der Waals surface area contributed by atoms with E-state index >= 15 is 0 Å². The number of aliphatic hydroxyl groups excluding tert-OH is 1. The molecule has 0 aliphatic carbocycles. The summed E-state index contributed by atoms with van der Waals surface area (Å²) in [6, 6.07) is 6.47. The monoisotopic (exact) mass is 318 g/mol. The molecule has 6 heteroatoms. The molecule has 0 aliphatic heterocycles. The second kappa shape index (κ2) is 7.51. The lowest BCUT2D eigenvalue weighted by atomic mass is 10.1. The average Bonchev–Trinajstić information content (AvgIpc) is 3.06. The maximum Gasteiger partial charge on any atom is 0.203 e. The highest BCUT2D eigenvalue weighted by Crippen LogP contribution is 2.38. The van der Waals surface area contributed by atoms with Gasteiger partial charge in [0.2, 0.25) is 5.75 Å². The molecule has 1 N–H and O–H groups in total. The SMILES string of the molecule is COc1cc(C(=O)/C=C/c2ccc(CO)o2)cc(OC)c1OC. The van der Waals surface area contributed by atoms with Crippen LogP contribution in [0, 0.1) is 0 Å². The lowest BCUT2D eigenvalue weighted by Crippen LogP contribution is -2.00. The Bertz CT molecular complexity index is 689. The summed E-state index contributed by atoms with van der Waals surface area (Å²) in [4.78, 5) is 12.3. The first-order chi connectivity index (χ1) is 11.1. The predicted molar refractivity (Wildman–Crippen MR) is 84.1 cm³/mol. The molecular formula is C17H18O6. The van der Waals surface area contributed by atoms with E-state index in [9.17, 15) is 4.79 Å². The van der Waals surface area contributed by atoms with Gasteiger partial charge in [0.15, 0.2) is 17.3 Å². The van der Waals surface area contributed by atoms with Crippen molar-refractivity contribution in [3.8, 4) is 17.2 Å². The van der Waals surface area contributed by atoms with Gasteiger partial charge in [0, 0.05) is 5.56 Å². The summed E-state index contributed by atoms with van der Waals surface area (Å²) in [7, 11) is 4.47. The lowest BCUT2D eigenvalue weighted by Gasteiger charge is -2.13. The molecule has 1 heterocycles. The topological polar surface area (TPSA) is 78.1 Å². The molecule has 122 valence electrons. The van der Waals surface area contributed by atoms with Gasteiger partial charge in [-0.25, -0.2) is 0 Å². The molecule has 1 aromatic heterocycles. The van der Waals surface area contributed by atoms with Crippen LogP contribution in [-0.2, 0) is 6.61 Å². The highest BCUT2D eigenvalue weighted by molar-refractivity contribution is 6.07. The third-order valence-corrected chi connectivity index (χ3v) is 3.19. The van der Waals surface area contributed by atoms with Crippen LogP contribution in [0.5, 0.6) is 17.2 Å². The Labute approximate surface area is 133 Å². The van der Waals surface area contributed by atoms with E-state index in [2.05, 4.69) is 0 Å². The molecule has 1 aromatic carbocycles. The van der Waals surface area contributed by atoms with Crippen molar-refractivity contribution in [1.29, 1.82) is 0 Å². The number of hydrogen-bond donors (Lipinski definition) is 1. The lowest BCUT2D eigenvalue weighted by molar-refractivity contribution is 0.104. The molecule has 0 spiro atoms. The molecule has 0 saturated carbocycles. The van der Waals surface area contributed by atoms with Crippen LogP contribution in [0.15, 0.2) is 34.8 Å². The quantitative estimate of drug-likeness (QED) is 0.625. The second-order valence-electron chi connectivity index (χ2n) is 4.57. The van der Waals surface area contributed by atoms with Crippen molar-refractivity contribution >= 4 is 11.9 Å². The molecule has 2 rings (SSSR count). The Morgan fingerprint density at radius 3 is 2.26 bits per heavy atom. The van der Waals surface area contributed by atoms with Crippen molar-refractivity contribution < 1.29 is 28.5 Å². The minimum atomic E-state index is -0.244. The third kappa shape index (κ3) is 3.73. The number of methoxy groups -OCH3 is 3. The van der Waals surface area contributed by atoms with Crippen molar-refractivity contribution in [3.05, 3.63) is 47.4 Å². The largest absolute Gasteiger partial charge is 0.493 e. The van der Waals surface area contributed by atoms with Crippen LogP contribution in [0.3, 0.4) is 0 Å². The third-order valence-electron chi connectivity index (χ3n) is 3.19. The van der Waals surface area contributed by atoms with Crippen LogP contribution < -0.4 is 14.2 Å². The van der Waals surface area contributed by atoms with Gasteiger partial charge in [-0.2, -0.15) is 0 Å². The van der Waals surface area contributed by atoms with E-state index in [0.717, 1.165) is 0 Å². The fourth-order valence-electron chi connectivity index (χ4n) is 2.05. The van der Waals surface area contributed by atoms with Gasteiger partial charge >= 0.3 is 0 Å². The Balaban J connectivity index is 2.28. The van der Waals surface area contributed by atoms with Crippen LogP contribution >= 0.6 is 0 Å². The molecule has 2 aromatic rings. The first-order valence-electron chi connectivity index (χ1n) is 6.85. The highest BCUT2D eigenvalue weighted by Gasteiger charge is 2.15. The summed E-state index contributed by atoms with van der Waals surface area (Å²) in [5.41, 5.74) is 0.393. The van der Waals surface area contributed by atoms with Gasteiger partial charge in [-0.1, -0.05) is 0 Å². The molecule has 0 unspecified atom stereocenters. The number of benzene rings is 1. The zero-order chi connectivity index (χ0) is 16.8. The number of hydrogen-bond acceptors (Lipinski definition) is 6. The molecule has 0 amide bonds. The van der Waals surface area contributed by atoms with Crippen LogP contribution in [0.4, 0.5) is 0 Å². The first kappa shape index (κ1) is 16.6. The van der Waals surface area contributed by atoms with Crippen LogP contribution in [-0.4, -0.2) is 32.2 Å². The first-order valence-corrected chi connectivity index (χ1v) is 6.85. The van der Waals surface area contributed by atoms with E-state index in [0.29, 0.717) is 34.3 Å². The fraction of sp³-hybridized carbons (Fsp3) is 0.235. The van der Waals surface area contributed by atoms with Gasteiger partial charge in [-0.05, 0) is 36.4 Å². The molecule has 0 radical (unpaired) electrons. The Morgan fingerprint density at radius 1 is 1.13 bits per heavy atom. The molecule has 6 nitrogen and oxygen atoms in total. The Hall–Kier alpha value is -2.73. The number of aliphatic hydroxyl groups is 1. The number of furan rings is 1. The van der Waals surface area contributed by atoms with Crippen LogP contribution in [0.25, 0.3) is 6.08 Å². The van der Waals surface area contributed by atoms with Gasteiger partial charge < -0.3 is 23.7 Å². The normalized spacial score (nSPS) is 10.8. The van der Waals surface area contributed by atoms with Gasteiger partial charge in [0.05, 0.1) is 21.3 Å². The smallest absolute Gasteiger partial charge is 0.203 e. The number of rotatable bonds is 7. The maximum absolute atomic E-state index is 12.3. The average molecular weight is 318 g/mol. The summed E-state index contributed by atoms with van der Waals surface area (Å²) < 4.78 is 21.0. The van der Waals surface area contributed by atoms with Gasteiger partial charge in [0.1, 0.15) is 18.1 Å². The Morgan fingerprint density at radius 2 is 1.78 bits per heavy atom. The van der Waals surface area contributed by atoms with Crippen molar-refractivity contribution in [1.82, 2.24) is 0 Å². The van der Waals surface area contributed by atoms with Gasteiger partial charge in [-0.15, -0.1) is 0 Å². The van der Waals surface area contributed by atoms with Crippen LogP contribution in [0.2, 0.25) is 0 Å². The van der Waals surface area contributed by atoms with Crippen molar-refractivity contribution in [3.63, 3.8) is 0 Å². The van der Waals surface area contributed by atoms with Crippen molar-refractivity contribution in [2.75, 3.05) is 21.3 Å². The van der Waals surface area contributed by atoms with E-state index < -0.39 is 0 Å². The standard InChI is InChI=1S/C17H18O6/c1-20-15-8-11(9-16(21-2)17(15)22-3)14(19)7-6-12-4-5-13(10-18)23-12/h4-9,18H,10H2,1-3H3/b7-6+. The number of carbonyl (C=O) groups excluding carboxylic acids is 1. The van der Waals surface area contributed by atoms with E-state index in [1.165, 1.54) is 33.5 Å². The molecule has 0 bridgehead atoms. The van der Waals surface area contributed by atoms with E-state index in [1.807, 2.05) is 0 Å². The highest BCUT2D eigenvalue weighted by atomic mass is 16.5. The summed E-state index contributed by atoms with van der Waals surface area (Å²) >= 11 is 0. The van der Waals surface area contributed by atoms with Crippen LogP contribution in [0.1, 0.15) is 21.9 Å². The minimum absolute atomic E-state index is 0.186. The predicted octanol–water partition coefficient (Wildman–Crippen LogP) is 2.69. The van der Waals surface area contributed by atoms with E-state index in [4.69, 9.17) is 23.7 Å². The molecule has 23 heavy (non-hydrogen) atoms. The number of carbonyl (C=O) groups is 1. The molecule has 0 atom stereocenters.